The number of halogens is 2. The topological polar surface area (TPSA) is 73.2 Å². The number of nitrogens with zero attached hydrogens (tertiary/aromatic N) is 1. The summed E-state index contributed by atoms with van der Waals surface area (Å²) in [5.41, 5.74) is 0.511. The van der Waals surface area contributed by atoms with Crippen LogP contribution in [0.3, 0.4) is 0 Å². The van der Waals surface area contributed by atoms with Crippen molar-refractivity contribution in [1.82, 2.24) is 0 Å². The Labute approximate surface area is 140 Å². The molecule has 0 aliphatic carbocycles. The Balaban J connectivity index is 2.52. The van der Waals surface area contributed by atoms with Crippen LogP contribution in [0.15, 0.2) is 35.2 Å². The first kappa shape index (κ1) is 17.4. The van der Waals surface area contributed by atoms with Crippen molar-refractivity contribution < 1.29 is 17.9 Å². The first-order valence-electron chi connectivity index (χ1n) is 6.75. The summed E-state index contributed by atoms with van der Waals surface area (Å²) < 4.78 is 41.5. The van der Waals surface area contributed by atoms with E-state index in [1.807, 2.05) is 13.0 Å². The second kappa shape index (κ2) is 7.55. The van der Waals surface area contributed by atoms with Gasteiger partial charge in [0.05, 0.1) is 5.56 Å². The molecule has 0 radical (unpaired) electrons. The summed E-state index contributed by atoms with van der Waals surface area (Å²) >= 11 is 3.32. The summed E-state index contributed by atoms with van der Waals surface area (Å²) in [6, 6.07) is 8.38. The van der Waals surface area contributed by atoms with E-state index >= 15 is 0 Å². The summed E-state index contributed by atoms with van der Waals surface area (Å²) in [7, 11) is 0. The van der Waals surface area contributed by atoms with Crippen LogP contribution in [0.25, 0.3) is 0 Å². The third-order valence-corrected chi connectivity index (χ3v) is 4.05. The Hall–Kier alpha value is -1.94. The van der Waals surface area contributed by atoms with Gasteiger partial charge in [-0.05, 0) is 47.3 Å². The van der Waals surface area contributed by atoms with E-state index in [-0.39, 0.29) is 27.0 Å². The number of rotatable bonds is 5. The van der Waals surface area contributed by atoms with Crippen molar-refractivity contribution in [3.8, 4) is 17.6 Å². The summed E-state index contributed by atoms with van der Waals surface area (Å²) in [6.45, 7) is 1.87. The van der Waals surface area contributed by atoms with Gasteiger partial charge in [-0.25, -0.2) is 4.39 Å². The highest BCUT2D eigenvalue weighted by Gasteiger charge is 2.15. The molecule has 0 saturated heterocycles. The molecule has 0 fully saturated rings. The third kappa shape index (κ3) is 4.08. The lowest BCUT2D eigenvalue weighted by Gasteiger charge is -2.16. The molecule has 2 aromatic carbocycles. The number of hydrogen-bond donors (Lipinski definition) is 0. The molecule has 0 aliphatic heterocycles. The van der Waals surface area contributed by atoms with Gasteiger partial charge in [-0.3, -0.25) is 4.21 Å². The minimum atomic E-state index is -2.45. The summed E-state index contributed by atoms with van der Waals surface area (Å²) in [5, 5.41) is 9.55. The van der Waals surface area contributed by atoms with Gasteiger partial charge >= 0.3 is 0 Å². The molecule has 0 spiro atoms. The number of ether oxygens (including phenoxy) is 1. The normalized spacial score (nSPS) is 11.8. The monoisotopic (exact) mass is 352 g/mol. The fourth-order valence-electron chi connectivity index (χ4n) is 2.18. The van der Waals surface area contributed by atoms with Gasteiger partial charge in [0.15, 0.2) is 0 Å². The molecular weight excluding hydrogens is 341 g/mol. The van der Waals surface area contributed by atoms with Crippen LogP contribution in [0.2, 0.25) is 5.02 Å². The lowest BCUT2D eigenvalue weighted by molar-refractivity contribution is 0.473. The molecule has 0 aromatic heterocycles. The van der Waals surface area contributed by atoms with Crippen LogP contribution in [-0.2, 0) is 17.5 Å². The molecule has 23 heavy (non-hydrogen) atoms. The molecule has 120 valence electrons. The Morgan fingerprint density at radius 1 is 1.39 bits per heavy atom. The van der Waals surface area contributed by atoms with Crippen LogP contribution in [0.4, 0.5) is 4.39 Å². The van der Waals surface area contributed by atoms with Gasteiger partial charge in [-0.15, -0.1) is 0 Å². The highest BCUT2D eigenvalue weighted by atomic mass is 35.5. The van der Waals surface area contributed by atoms with E-state index in [1.165, 1.54) is 18.2 Å². The fraction of sp³-hybridized carbons (Fsp3) is 0.188. The quantitative estimate of drug-likeness (QED) is 0.750. The van der Waals surface area contributed by atoms with Crippen molar-refractivity contribution >= 4 is 22.7 Å². The fourth-order valence-corrected chi connectivity index (χ4v) is 2.98. The highest BCUT2D eigenvalue weighted by Crippen LogP contribution is 2.32. The first-order valence-corrected chi connectivity index (χ1v) is 8.20. The summed E-state index contributed by atoms with van der Waals surface area (Å²) in [5.74, 6) is -0.283. The standard InChI is InChI=1S/C16H13ClFNO3S/c1-2-3-13-14(9-19)15(4-5-16(13)23(20)21)22-12-7-10(17)6-11(18)8-12/h4-8H,2-3H2,1H3,(H,20,21)/p-1. The second-order valence-electron chi connectivity index (χ2n) is 4.72. The SMILES string of the molecule is CCCc1c(S(=O)[O-])ccc(Oc2cc(F)cc(Cl)c2)c1C#N. The lowest BCUT2D eigenvalue weighted by atomic mass is 10.0. The minimum absolute atomic E-state index is 0.0630. The minimum Gasteiger partial charge on any atom is -0.768 e. The molecule has 0 saturated carbocycles. The van der Waals surface area contributed by atoms with Crippen LogP contribution in [-0.4, -0.2) is 8.76 Å². The maximum absolute atomic E-state index is 13.4. The number of hydrogen-bond acceptors (Lipinski definition) is 4. The molecule has 1 atom stereocenters. The van der Waals surface area contributed by atoms with E-state index in [0.717, 1.165) is 12.1 Å². The second-order valence-corrected chi connectivity index (χ2v) is 6.06. The molecule has 0 aliphatic rings. The van der Waals surface area contributed by atoms with Crippen molar-refractivity contribution in [3.63, 3.8) is 0 Å². The van der Waals surface area contributed by atoms with Crippen LogP contribution in [0.5, 0.6) is 11.5 Å². The van der Waals surface area contributed by atoms with E-state index in [4.69, 9.17) is 16.3 Å². The zero-order valence-corrected chi connectivity index (χ0v) is 13.7. The molecule has 0 N–H and O–H groups in total. The van der Waals surface area contributed by atoms with Gasteiger partial charge in [0.1, 0.15) is 23.4 Å². The molecule has 7 heteroatoms. The zero-order valence-electron chi connectivity index (χ0n) is 12.1. The first-order chi connectivity index (χ1) is 11.0. The van der Waals surface area contributed by atoms with Gasteiger partial charge in [-0.2, -0.15) is 5.26 Å². The largest absolute Gasteiger partial charge is 0.768 e. The van der Waals surface area contributed by atoms with E-state index in [0.29, 0.717) is 18.4 Å². The van der Waals surface area contributed by atoms with E-state index in [1.54, 1.807) is 0 Å². The number of benzene rings is 2. The van der Waals surface area contributed by atoms with Crippen molar-refractivity contribution in [3.05, 3.63) is 52.3 Å². The average molecular weight is 353 g/mol. The van der Waals surface area contributed by atoms with Crippen LogP contribution in [0, 0.1) is 17.1 Å². The van der Waals surface area contributed by atoms with E-state index in [2.05, 4.69) is 0 Å². The average Bonchev–Trinajstić information content (AvgIpc) is 2.46. The molecule has 0 heterocycles. The zero-order chi connectivity index (χ0) is 17.0. The Bertz CT molecular complexity index is 784. The Morgan fingerprint density at radius 2 is 2.13 bits per heavy atom. The van der Waals surface area contributed by atoms with Gasteiger partial charge in [0.2, 0.25) is 0 Å². The van der Waals surface area contributed by atoms with Gasteiger partial charge in [-0.1, -0.05) is 24.9 Å². The highest BCUT2D eigenvalue weighted by molar-refractivity contribution is 7.79. The maximum atomic E-state index is 13.4. The molecule has 1 unspecified atom stereocenters. The molecule has 2 aromatic rings. The van der Waals surface area contributed by atoms with Crippen molar-refractivity contribution in [2.45, 2.75) is 24.7 Å². The maximum Gasteiger partial charge on any atom is 0.145 e. The Kier molecular flexibility index (Phi) is 5.72. The van der Waals surface area contributed by atoms with E-state index < -0.39 is 16.9 Å². The summed E-state index contributed by atoms with van der Waals surface area (Å²) in [6.07, 6.45) is 1.07. The molecule has 0 bridgehead atoms. The van der Waals surface area contributed by atoms with Crippen LogP contribution >= 0.6 is 11.6 Å². The molecular formula is C16H12ClFNO3S-. The summed E-state index contributed by atoms with van der Waals surface area (Å²) in [4.78, 5) is 0.0630. The van der Waals surface area contributed by atoms with Gasteiger partial charge in [0.25, 0.3) is 0 Å². The van der Waals surface area contributed by atoms with Gasteiger partial charge in [0, 0.05) is 16.0 Å². The predicted molar refractivity (Wildman–Crippen MR) is 83.8 cm³/mol. The predicted octanol–water partition coefficient (Wildman–Crippen LogP) is 4.33. The molecule has 4 nitrogen and oxygen atoms in total. The van der Waals surface area contributed by atoms with Crippen molar-refractivity contribution in [2.75, 3.05) is 0 Å². The van der Waals surface area contributed by atoms with E-state index in [9.17, 15) is 18.4 Å². The lowest BCUT2D eigenvalue weighted by Crippen LogP contribution is -2.02. The third-order valence-electron chi connectivity index (χ3n) is 3.09. The molecule has 0 amide bonds. The van der Waals surface area contributed by atoms with Crippen molar-refractivity contribution in [1.29, 1.82) is 5.26 Å². The molecule has 2 rings (SSSR count). The van der Waals surface area contributed by atoms with Crippen molar-refractivity contribution in [2.24, 2.45) is 0 Å². The Morgan fingerprint density at radius 3 is 2.70 bits per heavy atom. The van der Waals surface area contributed by atoms with Gasteiger partial charge < -0.3 is 9.29 Å². The van der Waals surface area contributed by atoms with Crippen LogP contribution in [0.1, 0.15) is 24.5 Å². The number of nitriles is 1. The van der Waals surface area contributed by atoms with Crippen LogP contribution < -0.4 is 4.74 Å². The smallest absolute Gasteiger partial charge is 0.145 e.